The average molecular weight is 305 g/mol. The van der Waals surface area contributed by atoms with Crippen LogP contribution in [0.2, 0.25) is 0 Å². The topological polar surface area (TPSA) is 40.7 Å². The molecule has 2 aromatic rings. The number of H-pyrrole nitrogens is 1. The van der Waals surface area contributed by atoms with E-state index in [0.29, 0.717) is 6.54 Å². The molecule has 1 unspecified atom stereocenters. The first-order valence-corrected chi connectivity index (χ1v) is 6.13. The normalized spacial score (nSPS) is 12.7. The van der Waals surface area contributed by atoms with E-state index >= 15 is 0 Å². The van der Waals surface area contributed by atoms with E-state index in [1.807, 2.05) is 0 Å². The highest BCUT2D eigenvalue weighted by molar-refractivity contribution is 5.24. The van der Waals surface area contributed by atoms with Gasteiger partial charge in [-0.3, -0.25) is 5.10 Å². The Kier molecular flexibility index (Phi) is 4.56. The molecule has 114 valence electrons. The molecule has 0 aliphatic heterocycles. The Balaban J connectivity index is 2.12. The van der Waals surface area contributed by atoms with Crippen molar-refractivity contribution in [3.63, 3.8) is 0 Å². The van der Waals surface area contributed by atoms with Crippen LogP contribution in [0.1, 0.15) is 18.2 Å². The first-order valence-electron chi connectivity index (χ1n) is 6.13. The van der Waals surface area contributed by atoms with Crippen LogP contribution in [-0.4, -0.2) is 16.2 Å². The third-order valence-electron chi connectivity index (χ3n) is 3.01. The van der Waals surface area contributed by atoms with Gasteiger partial charge >= 0.3 is 0 Å². The zero-order valence-electron chi connectivity index (χ0n) is 11.0. The van der Waals surface area contributed by atoms with Gasteiger partial charge in [-0.25, -0.2) is 22.0 Å². The largest absolute Gasteiger partial charge is 0.308 e. The van der Waals surface area contributed by atoms with Crippen molar-refractivity contribution in [1.82, 2.24) is 15.5 Å². The van der Waals surface area contributed by atoms with Crippen LogP contribution in [-0.2, 0) is 13.0 Å². The maximum atomic E-state index is 13.5. The highest BCUT2D eigenvalue weighted by Gasteiger charge is 2.26. The average Bonchev–Trinajstić information content (AvgIpc) is 2.99. The number of nitrogens with zero attached hydrogens (tertiary/aromatic N) is 1. The summed E-state index contributed by atoms with van der Waals surface area (Å²) in [6.45, 7) is 1.91. The fourth-order valence-corrected chi connectivity index (χ4v) is 1.88. The minimum atomic E-state index is -2.15. The molecule has 0 saturated carbocycles. The number of nitrogens with one attached hydrogen (secondary N) is 2. The Morgan fingerprint density at radius 1 is 1.05 bits per heavy atom. The molecule has 2 rings (SSSR count). The van der Waals surface area contributed by atoms with Gasteiger partial charge in [-0.1, -0.05) is 0 Å². The summed E-state index contributed by atoms with van der Waals surface area (Å²) in [5.74, 6) is -9.58. The van der Waals surface area contributed by atoms with Crippen LogP contribution in [0.15, 0.2) is 12.3 Å². The molecule has 2 N–H and O–H groups in total. The predicted molar refractivity (Wildman–Crippen MR) is 64.8 cm³/mol. The highest BCUT2D eigenvalue weighted by Crippen LogP contribution is 2.24. The lowest BCUT2D eigenvalue weighted by Crippen LogP contribution is -2.29. The summed E-state index contributed by atoms with van der Waals surface area (Å²) in [4.78, 5) is 0. The van der Waals surface area contributed by atoms with E-state index in [0.717, 1.165) is 5.69 Å². The minimum Gasteiger partial charge on any atom is -0.308 e. The lowest BCUT2D eigenvalue weighted by molar-refractivity contribution is 0.365. The van der Waals surface area contributed by atoms with E-state index in [-0.39, 0.29) is 6.42 Å². The summed E-state index contributed by atoms with van der Waals surface area (Å²) < 4.78 is 66.1. The van der Waals surface area contributed by atoms with Crippen molar-refractivity contribution in [1.29, 1.82) is 0 Å². The molecule has 3 nitrogen and oxygen atoms in total. The van der Waals surface area contributed by atoms with Crippen molar-refractivity contribution >= 4 is 0 Å². The van der Waals surface area contributed by atoms with Gasteiger partial charge in [-0.05, 0) is 19.4 Å². The molecule has 1 aromatic heterocycles. The van der Waals surface area contributed by atoms with Gasteiger partial charge in [0.05, 0.1) is 0 Å². The molecule has 0 radical (unpaired) electrons. The zero-order valence-corrected chi connectivity index (χ0v) is 11.0. The van der Waals surface area contributed by atoms with Crippen LogP contribution in [0.25, 0.3) is 0 Å². The van der Waals surface area contributed by atoms with Crippen molar-refractivity contribution in [3.05, 3.63) is 52.6 Å². The van der Waals surface area contributed by atoms with Crippen molar-refractivity contribution in [2.75, 3.05) is 0 Å². The van der Waals surface area contributed by atoms with Crippen LogP contribution in [0.5, 0.6) is 0 Å². The molecule has 0 amide bonds. The van der Waals surface area contributed by atoms with Gasteiger partial charge in [-0.2, -0.15) is 5.10 Å². The van der Waals surface area contributed by atoms with Crippen LogP contribution >= 0.6 is 0 Å². The van der Waals surface area contributed by atoms with E-state index in [4.69, 9.17) is 0 Å². The molecule has 1 atom stereocenters. The van der Waals surface area contributed by atoms with Crippen molar-refractivity contribution in [2.24, 2.45) is 0 Å². The Bertz CT molecular complexity index is 598. The van der Waals surface area contributed by atoms with Gasteiger partial charge in [0.2, 0.25) is 5.82 Å². The predicted octanol–water partition coefficient (Wildman–Crippen LogP) is 2.83. The van der Waals surface area contributed by atoms with Crippen LogP contribution in [0.3, 0.4) is 0 Å². The van der Waals surface area contributed by atoms with Crippen LogP contribution in [0.4, 0.5) is 22.0 Å². The number of benzene rings is 1. The van der Waals surface area contributed by atoms with Gasteiger partial charge in [0.15, 0.2) is 23.3 Å². The molecule has 21 heavy (non-hydrogen) atoms. The molecule has 0 bridgehead atoms. The smallest absolute Gasteiger partial charge is 0.200 e. The lowest BCUT2D eigenvalue weighted by atomic mass is 10.0. The monoisotopic (exact) mass is 305 g/mol. The molecule has 0 spiro atoms. The van der Waals surface area contributed by atoms with E-state index in [1.165, 1.54) is 6.20 Å². The molecule has 0 aliphatic rings. The summed E-state index contributed by atoms with van der Waals surface area (Å²) >= 11 is 0. The number of aromatic amines is 1. The molecule has 1 heterocycles. The summed E-state index contributed by atoms with van der Waals surface area (Å²) in [5.41, 5.74) is -0.0877. The Hall–Kier alpha value is -1.96. The highest BCUT2D eigenvalue weighted by atomic mass is 19.2. The molecule has 1 aromatic carbocycles. The fourth-order valence-electron chi connectivity index (χ4n) is 1.88. The number of hydrogen-bond acceptors (Lipinski definition) is 2. The SMILES string of the molecule is CC(Cc1c(F)c(F)c(F)c(F)c1F)NCc1ccn[nH]1. The second-order valence-corrected chi connectivity index (χ2v) is 4.62. The van der Waals surface area contributed by atoms with Crippen molar-refractivity contribution in [3.8, 4) is 0 Å². The third kappa shape index (κ3) is 3.21. The van der Waals surface area contributed by atoms with E-state index in [1.54, 1.807) is 13.0 Å². The lowest BCUT2D eigenvalue weighted by Gasteiger charge is -2.15. The first-order chi connectivity index (χ1) is 9.91. The fraction of sp³-hybridized carbons (Fsp3) is 0.308. The molecule has 0 aliphatic carbocycles. The van der Waals surface area contributed by atoms with E-state index in [9.17, 15) is 22.0 Å². The molecule has 0 saturated heterocycles. The number of halogens is 5. The molecular weight excluding hydrogens is 293 g/mol. The van der Waals surface area contributed by atoms with Crippen LogP contribution < -0.4 is 5.32 Å². The summed E-state index contributed by atoms with van der Waals surface area (Å²) in [5, 5.41) is 9.29. The number of rotatable bonds is 5. The summed E-state index contributed by atoms with van der Waals surface area (Å²) in [6, 6.07) is 1.19. The van der Waals surface area contributed by atoms with Gasteiger partial charge in [0.1, 0.15) is 0 Å². The van der Waals surface area contributed by atoms with Crippen LogP contribution in [0, 0.1) is 29.1 Å². The number of aromatic nitrogens is 2. The second-order valence-electron chi connectivity index (χ2n) is 4.62. The zero-order chi connectivity index (χ0) is 15.6. The second kappa shape index (κ2) is 6.21. The third-order valence-corrected chi connectivity index (χ3v) is 3.01. The molecule has 8 heteroatoms. The van der Waals surface area contributed by atoms with Gasteiger partial charge < -0.3 is 5.32 Å². The molecular formula is C13H12F5N3. The van der Waals surface area contributed by atoms with Crippen molar-refractivity contribution in [2.45, 2.75) is 25.9 Å². The molecule has 0 fully saturated rings. The van der Waals surface area contributed by atoms with Gasteiger partial charge in [0, 0.05) is 30.0 Å². The quantitative estimate of drug-likeness (QED) is 0.507. The minimum absolute atomic E-state index is 0.330. The Morgan fingerprint density at radius 2 is 1.62 bits per heavy atom. The Morgan fingerprint density at radius 3 is 2.14 bits per heavy atom. The maximum Gasteiger partial charge on any atom is 0.200 e. The van der Waals surface area contributed by atoms with E-state index in [2.05, 4.69) is 15.5 Å². The Labute approximate surface area is 117 Å². The maximum absolute atomic E-state index is 13.5. The standard InChI is InChI=1S/C13H12F5N3/c1-6(19-5-7-2-3-20-21-7)4-8-9(14)11(16)13(18)12(17)10(8)15/h2-3,6,19H,4-5H2,1H3,(H,20,21). The number of hydrogen-bond donors (Lipinski definition) is 2. The summed E-state index contributed by atoms with van der Waals surface area (Å²) in [6.07, 6.45) is 1.20. The first kappa shape index (κ1) is 15.4. The summed E-state index contributed by atoms with van der Waals surface area (Å²) in [7, 11) is 0. The van der Waals surface area contributed by atoms with Crippen molar-refractivity contribution < 1.29 is 22.0 Å². The van der Waals surface area contributed by atoms with Gasteiger partial charge in [-0.15, -0.1) is 0 Å². The van der Waals surface area contributed by atoms with Gasteiger partial charge in [0.25, 0.3) is 0 Å². The van der Waals surface area contributed by atoms with E-state index < -0.39 is 40.7 Å².